The quantitative estimate of drug-likeness (QED) is 0.898. The van der Waals surface area contributed by atoms with Gasteiger partial charge in [0.2, 0.25) is 0 Å². The standard InChI is InChI=1S/C13H20ClN3O2S/c1-9-12(7-15-6-10-2-3-10)13(14)17(16-9)11-4-5-20(18,19)8-11/h10-11,15H,2-8H2,1H3/t11-/m0/s1. The van der Waals surface area contributed by atoms with Crippen molar-refractivity contribution in [2.24, 2.45) is 5.92 Å². The van der Waals surface area contributed by atoms with Crippen molar-refractivity contribution in [3.63, 3.8) is 0 Å². The van der Waals surface area contributed by atoms with Crippen LogP contribution in [0, 0.1) is 12.8 Å². The second-order valence-corrected chi connectivity index (χ2v) is 8.52. The van der Waals surface area contributed by atoms with E-state index in [-0.39, 0.29) is 17.5 Å². The first-order chi connectivity index (χ1) is 9.46. The molecule has 2 fully saturated rings. The minimum absolute atomic E-state index is 0.108. The number of hydrogen-bond acceptors (Lipinski definition) is 4. The minimum atomic E-state index is -2.92. The van der Waals surface area contributed by atoms with Gasteiger partial charge in [-0.3, -0.25) is 0 Å². The predicted molar refractivity (Wildman–Crippen MR) is 78.7 cm³/mol. The van der Waals surface area contributed by atoms with Crippen molar-refractivity contribution in [3.05, 3.63) is 16.4 Å². The molecule has 112 valence electrons. The van der Waals surface area contributed by atoms with Gasteiger partial charge in [0.15, 0.2) is 9.84 Å². The summed E-state index contributed by atoms with van der Waals surface area (Å²) in [5, 5.41) is 8.45. The Morgan fingerprint density at radius 1 is 1.40 bits per heavy atom. The smallest absolute Gasteiger partial charge is 0.152 e. The van der Waals surface area contributed by atoms with Crippen molar-refractivity contribution in [2.75, 3.05) is 18.1 Å². The van der Waals surface area contributed by atoms with Crippen molar-refractivity contribution in [3.8, 4) is 0 Å². The molecule has 5 nitrogen and oxygen atoms in total. The number of rotatable bonds is 5. The summed E-state index contributed by atoms with van der Waals surface area (Å²) in [4.78, 5) is 0. The highest BCUT2D eigenvalue weighted by atomic mass is 35.5. The van der Waals surface area contributed by atoms with Crippen LogP contribution < -0.4 is 5.32 Å². The molecule has 0 amide bonds. The third-order valence-electron chi connectivity index (χ3n) is 4.13. The lowest BCUT2D eigenvalue weighted by atomic mass is 10.2. The first-order valence-corrected chi connectivity index (χ1v) is 9.31. The molecule has 0 bridgehead atoms. The molecule has 2 aliphatic rings. The van der Waals surface area contributed by atoms with Gasteiger partial charge in [-0.15, -0.1) is 0 Å². The zero-order valence-corrected chi connectivity index (χ0v) is 13.2. The average Bonchev–Trinajstić information content (AvgIpc) is 3.07. The average molecular weight is 318 g/mol. The maximum absolute atomic E-state index is 11.6. The number of nitrogens with zero attached hydrogens (tertiary/aromatic N) is 2. The summed E-state index contributed by atoms with van der Waals surface area (Å²) in [5.74, 6) is 1.22. The lowest BCUT2D eigenvalue weighted by Gasteiger charge is -2.10. The molecular weight excluding hydrogens is 298 g/mol. The summed E-state index contributed by atoms with van der Waals surface area (Å²) < 4.78 is 24.9. The van der Waals surface area contributed by atoms with Crippen molar-refractivity contribution in [1.29, 1.82) is 0 Å². The van der Waals surface area contributed by atoms with Crippen LogP contribution in [0.5, 0.6) is 0 Å². The molecule has 1 saturated heterocycles. The van der Waals surface area contributed by atoms with Crippen molar-refractivity contribution < 1.29 is 8.42 Å². The Balaban J connectivity index is 1.72. The Hall–Kier alpha value is -0.590. The van der Waals surface area contributed by atoms with Gasteiger partial charge < -0.3 is 5.32 Å². The van der Waals surface area contributed by atoms with E-state index in [0.717, 1.165) is 23.7 Å². The topological polar surface area (TPSA) is 64.0 Å². The van der Waals surface area contributed by atoms with Crippen LogP contribution in [-0.2, 0) is 16.4 Å². The van der Waals surface area contributed by atoms with Crippen LogP contribution in [0.4, 0.5) is 0 Å². The summed E-state index contributed by atoms with van der Waals surface area (Å²) >= 11 is 6.40. The molecule has 0 spiro atoms. The van der Waals surface area contributed by atoms with Gasteiger partial charge in [0.1, 0.15) is 5.15 Å². The second kappa shape index (κ2) is 5.31. The van der Waals surface area contributed by atoms with E-state index in [4.69, 9.17) is 11.6 Å². The molecule has 1 aromatic heterocycles. The van der Waals surface area contributed by atoms with E-state index < -0.39 is 9.84 Å². The lowest BCUT2D eigenvalue weighted by Crippen LogP contribution is -2.17. The van der Waals surface area contributed by atoms with Crippen LogP contribution in [-0.4, -0.2) is 36.2 Å². The van der Waals surface area contributed by atoms with E-state index in [1.807, 2.05) is 6.92 Å². The van der Waals surface area contributed by atoms with Crippen LogP contribution in [0.15, 0.2) is 0 Å². The van der Waals surface area contributed by atoms with Gasteiger partial charge in [-0.1, -0.05) is 11.6 Å². The number of nitrogens with one attached hydrogen (secondary N) is 1. The SMILES string of the molecule is Cc1nn([C@H]2CCS(=O)(=O)C2)c(Cl)c1CNCC1CC1. The van der Waals surface area contributed by atoms with Gasteiger partial charge in [-0.25, -0.2) is 13.1 Å². The lowest BCUT2D eigenvalue weighted by molar-refractivity contribution is 0.497. The molecular formula is C13H20ClN3O2S. The van der Waals surface area contributed by atoms with Gasteiger partial charge in [0.25, 0.3) is 0 Å². The van der Waals surface area contributed by atoms with Crippen LogP contribution in [0.25, 0.3) is 0 Å². The molecule has 2 heterocycles. The summed E-state index contributed by atoms with van der Waals surface area (Å²) in [7, 11) is -2.92. The summed E-state index contributed by atoms with van der Waals surface area (Å²) in [6.45, 7) is 3.67. The summed E-state index contributed by atoms with van der Waals surface area (Å²) in [6, 6.07) is -0.108. The first-order valence-electron chi connectivity index (χ1n) is 7.11. The van der Waals surface area contributed by atoms with Crippen molar-refractivity contribution in [1.82, 2.24) is 15.1 Å². The van der Waals surface area contributed by atoms with Crippen molar-refractivity contribution >= 4 is 21.4 Å². The van der Waals surface area contributed by atoms with Crippen LogP contribution >= 0.6 is 11.6 Å². The fraction of sp³-hybridized carbons (Fsp3) is 0.769. The van der Waals surface area contributed by atoms with Gasteiger partial charge in [0, 0.05) is 12.1 Å². The van der Waals surface area contributed by atoms with E-state index in [2.05, 4.69) is 10.4 Å². The molecule has 1 aliphatic heterocycles. The third-order valence-corrected chi connectivity index (χ3v) is 6.28. The van der Waals surface area contributed by atoms with Crippen molar-refractivity contribution in [2.45, 2.75) is 38.8 Å². The number of sulfone groups is 1. The number of hydrogen-bond donors (Lipinski definition) is 1. The Morgan fingerprint density at radius 3 is 2.75 bits per heavy atom. The molecule has 1 saturated carbocycles. The molecule has 3 rings (SSSR count). The van der Waals surface area contributed by atoms with Crippen LogP contribution in [0.1, 0.15) is 36.6 Å². The Bertz CT molecular complexity index is 607. The fourth-order valence-electron chi connectivity index (χ4n) is 2.69. The molecule has 1 atom stereocenters. The molecule has 7 heteroatoms. The van der Waals surface area contributed by atoms with Gasteiger partial charge in [-0.05, 0) is 38.6 Å². The van der Waals surface area contributed by atoms with Gasteiger partial charge in [-0.2, -0.15) is 5.10 Å². The molecule has 0 unspecified atom stereocenters. The largest absolute Gasteiger partial charge is 0.312 e. The highest BCUT2D eigenvalue weighted by molar-refractivity contribution is 7.91. The van der Waals surface area contributed by atoms with Crippen LogP contribution in [0.3, 0.4) is 0 Å². The Kier molecular flexibility index (Phi) is 3.81. The first kappa shape index (κ1) is 14.4. The van der Waals surface area contributed by atoms with E-state index >= 15 is 0 Å². The maximum Gasteiger partial charge on any atom is 0.152 e. The minimum Gasteiger partial charge on any atom is -0.312 e. The van der Waals surface area contributed by atoms with Gasteiger partial charge in [0.05, 0.1) is 23.2 Å². The molecule has 1 aromatic rings. The fourth-order valence-corrected chi connectivity index (χ4v) is 4.76. The van der Waals surface area contributed by atoms with E-state index in [9.17, 15) is 8.42 Å². The Labute approximate surface area is 124 Å². The number of aromatic nitrogens is 2. The molecule has 0 aromatic carbocycles. The number of aryl methyl sites for hydroxylation is 1. The third kappa shape index (κ3) is 3.02. The van der Waals surface area contributed by atoms with E-state index in [0.29, 0.717) is 18.1 Å². The zero-order valence-electron chi connectivity index (χ0n) is 11.6. The number of halogens is 1. The van der Waals surface area contributed by atoms with E-state index in [1.54, 1.807) is 4.68 Å². The molecule has 1 aliphatic carbocycles. The highest BCUT2D eigenvalue weighted by Crippen LogP contribution is 2.30. The molecule has 0 radical (unpaired) electrons. The zero-order chi connectivity index (χ0) is 14.3. The normalized spacial score (nSPS) is 25.2. The second-order valence-electron chi connectivity index (χ2n) is 5.93. The summed E-state index contributed by atoms with van der Waals surface area (Å²) in [5.41, 5.74) is 1.89. The molecule has 20 heavy (non-hydrogen) atoms. The molecule has 1 N–H and O–H groups in total. The van der Waals surface area contributed by atoms with Crippen LogP contribution in [0.2, 0.25) is 5.15 Å². The monoisotopic (exact) mass is 317 g/mol. The van der Waals surface area contributed by atoms with Gasteiger partial charge >= 0.3 is 0 Å². The highest BCUT2D eigenvalue weighted by Gasteiger charge is 2.32. The maximum atomic E-state index is 11.6. The predicted octanol–water partition coefficient (Wildman–Crippen LogP) is 1.70. The Morgan fingerprint density at radius 2 is 2.15 bits per heavy atom. The van der Waals surface area contributed by atoms with E-state index in [1.165, 1.54) is 12.8 Å². The summed E-state index contributed by atoms with van der Waals surface area (Å²) in [6.07, 6.45) is 3.25.